The molecule has 2 rings (SSSR count). The summed E-state index contributed by atoms with van der Waals surface area (Å²) in [5, 5.41) is 0.283. The number of nitrogens with one attached hydrogen (secondary N) is 1. The number of hydrogen-bond donors (Lipinski definition) is 1. The summed E-state index contributed by atoms with van der Waals surface area (Å²) in [6.07, 6.45) is 2.79. The van der Waals surface area contributed by atoms with E-state index in [-0.39, 0.29) is 5.15 Å². The molecule has 0 saturated heterocycles. The lowest BCUT2D eigenvalue weighted by Crippen LogP contribution is -2.00. The van der Waals surface area contributed by atoms with E-state index in [1.807, 2.05) is 0 Å². The van der Waals surface area contributed by atoms with Crippen molar-refractivity contribution in [3.8, 4) is 0 Å². The molecule has 0 radical (unpaired) electrons. The normalized spacial score (nSPS) is 10.4. The van der Waals surface area contributed by atoms with Crippen LogP contribution in [-0.2, 0) is 4.74 Å². The number of nitrogens with zero attached hydrogens (tertiary/aromatic N) is 2. The minimum absolute atomic E-state index is 0.283. The summed E-state index contributed by atoms with van der Waals surface area (Å²) in [5.41, 5.74) is 1.36. The van der Waals surface area contributed by atoms with Crippen LogP contribution in [0.1, 0.15) is 10.4 Å². The monoisotopic (exact) mass is 211 g/mol. The summed E-state index contributed by atoms with van der Waals surface area (Å²) in [6, 6.07) is 0. The van der Waals surface area contributed by atoms with Gasteiger partial charge >= 0.3 is 5.97 Å². The number of carbonyl (C=O) groups is 1. The Morgan fingerprint density at radius 1 is 1.57 bits per heavy atom. The number of fused-ring (bicyclic) bond motifs is 1. The zero-order chi connectivity index (χ0) is 10.1. The minimum atomic E-state index is -0.453. The Bertz CT molecular complexity index is 494. The third-order valence-corrected chi connectivity index (χ3v) is 2.11. The Balaban J connectivity index is 2.70. The standard InChI is InChI=1S/C8H6ClN3O2/c1-14-8(13)4-2-10-6-5(4)11-3-12-7(6)9/h2-3,10H,1H3. The van der Waals surface area contributed by atoms with Crippen LogP contribution in [0.4, 0.5) is 0 Å². The van der Waals surface area contributed by atoms with Crippen molar-refractivity contribution in [2.24, 2.45) is 0 Å². The predicted octanol–water partition coefficient (Wildman–Crippen LogP) is 1.40. The molecule has 2 aromatic heterocycles. The third-order valence-electron chi connectivity index (χ3n) is 1.82. The van der Waals surface area contributed by atoms with Gasteiger partial charge in [-0.2, -0.15) is 0 Å². The number of aromatic nitrogens is 3. The fourth-order valence-electron chi connectivity index (χ4n) is 1.17. The molecular weight excluding hydrogens is 206 g/mol. The zero-order valence-electron chi connectivity index (χ0n) is 7.24. The Morgan fingerprint density at radius 2 is 2.36 bits per heavy atom. The molecule has 0 saturated carbocycles. The first kappa shape index (κ1) is 8.96. The van der Waals surface area contributed by atoms with Crippen LogP contribution in [0.3, 0.4) is 0 Å². The van der Waals surface area contributed by atoms with Crippen LogP contribution < -0.4 is 0 Å². The van der Waals surface area contributed by atoms with Gasteiger partial charge in [0.25, 0.3) is 0 Å². The summed E-state index contributed by atoms with van der Waals surface area (Å²) in [4.78, 5) is 21.8. The SMILES string of the molecule is COC(=O)c1c[nH]c2c(Cl)ncnc12. The van der Waals surface area contributed by atoms with Gasteiger partial charge in [0.15, 0.2) is 5.15 Å². The number of methoxy groups -OCH3 is 1. The minimum Gasteiger partial charge on any atom is -0.465 e. The molecule has 0 unspecified atom stereocenters. The topological polar surface area (TPSA) is 67.9 Å². The first-order valence-electron chi connectivity index (χ1n) is 3.80. The highest BCUT2D eigenvalue weighted by Crippen LogP contribution is 2.21. The number of esters is 1. The Hall–Kier alpha value is -1.62. The van der Waals surface area contributed by atoms with Crippen molar-refractivity contribution in [2.75, 3.05) is 7.11 Å². The fourth-order valence-corrected chi connectivity index (χ4v) is 1.36. The van der Waals surface area contributed by atoms with Crippen LogP contribution in [0, 0.1) is 0 Å². The van der Waals surface area contributed by atoms with Crippen LogP contribution >= 0.6 is 11.6 Å². The molecule has 0 fully saturated rings. The van der Waals surface area contributed by atoms with Gasteiger partial charge in [-0.1, -0.05) is 11.6 Å². The molecule has 1 N–H and O–H groups in total. The lowest BCUT2D eigenvalue weighted by Gasteiger charge is -1.95. The number of aromatic amines is 1. The van der Waals surface area contributed by atoms with Gasteiger partial charge in [-0.15, -0.1) is 0 Å². The van der Waals surface area contributed by atoms with E-state index < -0.39 is 5.97 Å². The fraction of sp³-hybridized carbons (Fsp3) is 0.125. The highest BCUT2D eigenvalue weighted by Gasteiger charge is 2.14. The summed E-state index contributed by atoms with van der Waals surface area (Å²) in [5.74, 6) is -0.453. The summed E-state index contributed by atoms with van der Waals surface area (Å²) in [7, 11) is 1.31. The number of H-pyrrole nitrogens is 1. The predicted molar refractivity (Wildman–Crippen MR) is 50.2 cm³/mol. The maximum absolute atomic E-state index is 11.3. The van der Waals surface area contributed by atoms with Crippen molar-refractivity contribution in [2.45, 2.75) is 0 Å². The lowest BCUT2D eigenvalue weighted by atomic mass is 10.3. The van der Waals surface area contributed by atoms with E-state index in [4.69, 9.17) is 11.6 Å². The summed E-state index contributed by atoms with van der Waals surface area (Å²) >= 11 is 5.78. The van der Waals surface area contributed by atoms with Crippen molar-refractivity contribution in [3.05, 3.63) is 23.2 Å². The molecule has 5 nitrogen and oxygen atoms in total. The number of halogens is 1. The second-order valence-electron chi connectivity index (χ2n) is 2.58. The van der Waals surface area contributed by atoms with Gasteiger partial charge < -0.3 is 9.72 Å². The van der Waals surface area contributed by atoms with Crippen LogP contribution in [0.15, 0.2) is 12.5 Å². The van der Waals surface area contributed by atoms with Crippen LogP contribution in [0.5, 0.6) is 0 Å². The zero-order valence-corrected chi connectivity index (χ0v) is 8.00. The highest BCUT2D eigenvalue weighted by atomic mass is 35.5. The number of hydrogen-bond acceptors (Lipinski definition) is 4. The molecule has 0 aliphatic carbocycles. The van der Waals surface area contributed by atoms with Crippen molar-refractivity contribution in [3.63, 3.8) is 0 Å². The maximum atomic E-state index is 11.3. The van der Waals surface area contributed by atoms with E-state index >= 15 is 0 Å². The smallest absolute Gasteiger partial charge is 0.341 e. The molecule has 6 heteroatoms. The average molecular weight is 212 g/mol. The van der Waals surface area contributed by atoms with Crippen LogP contribution in [-0.4, -0.2) is 28.0 Å². The molecule has 14 heavy (non-hydrogen) atoms. The average Bonchev–Trinajstić information content (AvgIpc) is 2.62. The van der Waals surface area contributed by atoms with Crippen molar-refractivity contribution < 1.29 is 9.53 Å². The Labute approximate surface area is 84.1 Å². The van der Waals surface area contributed by atoms with E-state index in [2.05, 4.69) is 19.7 Å². The quantitative estimate of drug-likeness (QED) is 0.572. The molecular formula is C8H6ClN3O2. The van der Waals surface area contributed by atoms with Crippen LogP contribution in [0.25, 0.3) is 11.0 Å². The van der Waals surface area contributed by atoms with E-state index in [0.717, 1.165) is 0 Å². The van der Waals surface area contributed by atoms with E-state index in [0.29, 0.717) is 16.6 Å². The molecule has 2 heterocycles. The van der Waals surface area contributed by atoms with Gasteiger partial charge in [-0.3, -0.25) is 0 Å². The van der Waals surface area contributed by atoms with E-state index in [1.54, 1.807) is 0 Å². The first-order chi connectivity index (χ1) is 6.74. The second-order valence-corrected chi connectivity index (χ2v) is 2.94. The van der Waals surface area contributed by atoms with Crippen molar-refractivity contribution in [1.29, 1.82) is 0 Å². The molecule has 0 aliphatic heterocycles. The number of rotatable bonds is 1. The molecule has 0 amide bonds. The van der Waals surface area contributed by atoms with E-state index in [1.165, 1.54) is 19.6 Å². The van der Waals surface area contributed by atoms with Gasteiger partial charge in [0.1, 0.15) is 22.9 Å². The molecule has 0 aliphatic rings. The Kier molecular flexibility index (Phi) is 2.09. The largest absolute Gasteiger partial charge is 0.465 e. The number of carbonyl (C=O) groups excluding carboxylic acids is 1. The maximum Gasteiger partial charge on any atom is 0.341 e. The van der Waals surface area contributed by atoms with Crippen LogP contribution in [0.2, 0.25) is 5.15 Å². The molecule has 0 aromatic carbocycles. The molecule has 0 atom stereocenters. The lowest BCUT2D eigenvalue weighted by molar-refractivity contribution is 0.0603. The van der Waals surface area contributed by atoms with Crippen molar-refractivity contribution >= 4 is 28.6 Å². The second kappa shape index (κ2) is 3.26. The van der Waals surface area contributed by atoms with Gasteiger partial charge in [-0.25, -0.2) is 14.8 Å². The molecule has 0 bridgehead atoms. The van der Waals surface area contributed by atoms with Crippen molar-refractivity contribution in [1.82, 2.24) is 15.0 Å². The molecule has 0 spiro atoms. The third kappa shape index (κ3) is 1.22. The summed E-state index contributed by atoms with van der Waals surface area (Å²) in [6.45, 7) is 0. The van der Waals surface area contributed by atoms with Gasteiger partial charge in [-0.05, 0) is 0 Å². The molecule has 2 aromatic rings. The molecule has 72 valence electrons. The van der Waals surface area contributed by atoms with Gasteiger partial charge in [0.05, 0.1) is 7.11 Å². The van der Waals surface area contributed by atoms with Gasteiger partial charge in [0.2, 0.25) is 0 Å². The number of ether oxygens (including phenoxy) is 1. The summed E-state index contributed by atoms with van der Waals surface area (Å²) < 4.78 is 4.58. The Morgan fingerprint density at radius 3 is 3.07 bits per heavy atom. The highest BCUT2D eigenvalue weighted by molar-refractivity contribution is 6.34. The first-order valence-corrected chi connectivity index (χ1v) is 4.17. The van der Waals surface area contributed by atoms with E-state index in [9.17, 15) is 4.79 Å². The van der Waals surface area contributed by atoms with Gasteiger partial charge in [0, 0.05) is 6.20 Å².